The van der Waals surface area contributed by atoms with Gasteiger partial charge in [-0.1, -0.05) is 30.3 Å². The van der Waals surface area contributed by atoms with Gasteiger partial charge in [-0.2, -0.15) is 5.10 Å². The summed E-state index contributed by atoms with van der Waals surface area (Å²) in [5.41, 5.74) is 1.49. The van der Waals surface area contributed by atoms with E-state index >= 15 is 0 Å². The van der Waals surface area contributed by atoms with Crippen molar-refractivity contribution in [1.82, 2.24) is 19.8 Å². The molecule has 1 aliphatic rings. The van der Waals surface area contributed by atoms with E-state index in [1.807, 2.05) is 18.3 Å². The third kappa shape index (κ3) is 8.06. The molecule has 1 atom stereocenters. The maximum absolute atomic E-state index is 12.5. The molecule has 0 aliphatic heterocycles. The zero-order valence-electron chi connectivity index (χ0n) is 22.2. The maximum Gasteiger partial charge on any atom is 0.264 e. The van der Waals surface area contributed by atoms with E-state index < -0.39 is 15.9 Å². The third-order valence-corrected chi connectivity index (χ3v) is 7.70. The molecule has 0 saturated heterocycles. The van der Waals surface area contributed by atoms with Gasteiger partial charge >= 0.3 is 0 Å². The van der Waals surface area contributed by atoms with Crippen LogP contribution in [-0.2, 0) is 26.1 Å². The molecule has 40 heavy (non-hydrogen) atoms. The molecule has 1 aromatic heterocycles. The Morgan fingerprint density at radius 2 is 1.93 bits per heavy atom. The second-order valence-corrected chi connectivity index (χ2v) is 10.9. The number of hydrogen-bond donors (Lipinski definition) is 2. The molecule has 0 radical (unpaired) electrons. The Balaban J connectivity index is 1.34. The van der Waals surface area contributed by atoms with Gasteiger partial charge in [0, 0.05) is 30.3 Å². The van der Waals surface area contributed by atoms with E-state index in [0.717, 1.165) is 5.57 Å². The number of hydrogen-bond acceptors (Lipinski definition) is 7. The molecular formula is C29H32N4O6S. The first kappa shape index (κ1) is 28.6. The number of methoxy groups -OCH3 is 1. The van der Waals surface area contributed by atoms with Gasteiger partial charge in [0.05, 0.1) is 30.9 Å². The van der Waals surface area contributed by atoms with E-state index in [4.69, 9.17) is 9.47 Å². The minimum Gasteiger partial charge on any atom is -0.497 e. The summed E-state index contributed by atoms with van der Waals surface area (Å²) in [6.07, 6.45) is 8.60. The van der Waals surface area contributed by atoms with Crippen molar-refractivity contribution < 1.29 is 27.5 Å². The second kappa shape index (κ2) is 13.6. The molecule has 11 heteroatoms. The summed E-state index contributed by atoms with van der Waals surface area (Å²) in [6, 6.07) is 16.5. The Kier molecular flexibility index (Phi) is 9.74. The summed E-state index contributed by atoms with van der Waals surface area (Å²) in [5.74, 6) is 0.322. The second-order valence-electron chi connectivity index (χ2n) is 9.18. The smallest absolute Gasteiger partial charge is 0.264 e. The van der Waals surface area contributed by atoms with Crippen molar-refractivity contribution >= 4 is 21.8 Å². The van der Waals surface area contributed by atoms with Crippen LogP contribution < -0.4 is 14.8 Å². The average Bonchev–Trinajstić information content (AvgIpc) is 3.48. The first-order valence-electron chi connectivity index (χ1n) is 12.9. The highest BCUT2D eigenvalue weighted by Gasteiger charge is 2.23. The molecule has 0 fully saturated rings. The summed E-state index contributed by atoms with van der Waals surface area (Å²) in [4.78, 5) is 25.1. The van der Waals surface area contributed by atoms with Crippen LogP contribution in [0.3, 0.4) is 0 Å². The summed E-state index contributed by atoms with van der Waals surface area (Å²) >= 11 is 0. The number of aromatic nitrogens is 2. The van der Waals surface area contributed by atoms with Crippen molar-refractivity contribution in [2.45, 2.75) is 30.7 Å². The minimum absolute atomic E-state index is 0.00629. The highest BCUT2D eigenvalue weighted by Crippen LogP contribution is 2.29. The lowest BCUT2D eigenvalue weighted by atomic mass is 9.90. The van der Waals surface area contributed by atoms with Crippen LogP contribution in [-0.4, -0.2) is 50.3 Å². The molecule has 3 aromatic rings. The van der Waals surface area contributed by atoms with Crippen molar-refractivity contribution in [2.24, 2.45) is 5.92 Å². The number of amides is 2. The lowest BCUT2D eigenvalue weighted by Crippen LogP contribution is -2.31. The fourth-order valence-electron chi connectivity index (χ4n) is 4.24. The number of rotatable bonds is 13. The van der Waals surface area contributed by atoms with Crippen LogP contribution in [0.1, 0.15) is 29.6 Å². The quantitative estimate of drug-likeness (QED) is 0.304. The Labute approximate surface area is 233 Å². The lowest BCUT2D eigenvalue weighted by Gasteiger charge is -2.24. The van der Waals surface area contributed by atoms with Gasteiger partial charge in [-0.25, -0.2) is 13.1 Å². The molecule has 10 nitrogen and oxygen atoms in total. The van der Waals surface area contributed by atoms with E-state index in [2.05, 4.69) is 21.2 Å². The van der Waals surface area contributed by atoms with Gasteiger partial charge in [0.1, 0.15) is 12.4 Å². The maximum atomic E-state index is 12.5. The summed E-state index contributed by atoms with van der Waals surface area (Å²) in [5, 5.41) is 7.09. The Hall–Kier alpha value is -4.38. The molecular weight excluding hydrogens is 532 g/mol. The number of nitrogens with zero attached hydrogens (tertiary/aromatic N) is 2. The van der Waals surface area contributed by atoms with E-state index in [9.17, 15) is 18.0 Å². The molecule has 0 saturated carbocycles. The number of sulfonamides is 1. The van der Waals surface area contributed by atoms with Crippen molar-refractivity contribution in [1.29, 1.82) is 0 Å². The number of carbonyl (C=O) groups excluding carboxylic acids is 2. The first-order chi connectivity index (χ1) is 19.3. The zero-order valence-corrected chi connectivity index (χ0v) is 23.0. The lowest BCUT2D eigenvalue weighted by molar-refractivity contribution is -0.119. The summed E-state index contributed by atoms with van der Waals surface area (Å²) in [6.45, 7) is 1.06. The number of benzene rings is 2. The fourth-order valence-corrected chi connectivity index (χ4v) is 5.28. The molecule has 0 bridgehead atoms. The molecule has 1 heterocycles. The zero-order chi connectivity index (χ0) is 28.4. The Morgan fingerprint density at radius 1 is 1.10 bits per heavy atom. The van der Waals surface area contributed by atoms with Crippen LogP contribution in [0.2, 0.25) is 0 Å². The van der Waals surface area contributed by atoms with Gasteiger partial charge in [-0.15, -0.1) is 0 Å². The van der Waals surface area contributed by atoms with Gasteiger partial charge in [0.2, 0.25) is 5.91 Å². The molecule has 210 valence electrons. The van der Waals surface area contributed by atoms with Gasteiger partial charge < -0.3 is 14.8 Å². The van der Waals surface area contributed by atoms with Crippen molar-refractivity contribution in [2.75, 3.05) is 20.3 Å². The molecule has 0 spiro atoms. The molecule has 1 aliphatic carbocycles. The number of allylic oxidation sites excluding steroid dienone is 4. The van der Waals surface area contributed by atoms with Crippen molar-refractivity contribution in [3.8, 4) is 5.75 Å². The number of carbonyl (C=O) groups is 2. The topological polar surface area (TPSA) is 129 Å². The van der Waals surface area contributed by atoms with Crippen LogP contribution in [0.25, 0.3) is 0 Å². The summed E-state index contributed by atoms with van der Waals surface area (Å²) in [7, 11) is -2.39. The van der Waals surface area contributed by atoms with Crippen LogP contribution >= 0.6 is 0 Å². The van der Waals surface area contributed by atoms with Gasteiger partial charge in [0.25, 0.3) is 15.9 Å². The van der Waals surface area contributed by atoms with Gasteiger partial charge in [-0.05, 0) is 60.9 Å². The Bertz CT molecular complexity index is 1470. The minimum atomic E-state index is -3.93. The fraction of sp³-hybridized carbons (Fsp3) is 0.276. The van der Waals surface area contributed by atoms with E-state index in [-0.39, 0.29) is 36.3 Å². The predicted octanol–water partition coefficient (Wildman–Crippen LogP) is 3.45. The van der Waals surface area contributed by atoms with Crippen molar-refractivity contribution in [3.63, 3.8) is 0 Å². The normalized spacial score (nSPS) is 15.0. The van der Waals surface area contributed by atoms with E-state index in [0.29, 0.717) is 36.5 Å². The van der Waals surface area contributed by atoms with E-state index in [1.165, 1.54) is 12.1 Å². The average molecular weight is 565 g/mol. The molecule has 2 amide bonds. The molecule has 4 rings (SSSR count). The largest absolute Gasteiger partial charge is 0.497 e. The van der Waals surface area contributed by atoms with Gasteiger partial charge in [0.15, 0.2) is 0 Å². The van der Waals surface area contributed by atoms with Crippen molar-refractivity contribution in [3.05, 3.63) is 102 Å². The number of nitrogens with one attached hydrogen (secondary N) is 2. The van der Waals surface area contributed by atoms with Crippen LogP contribution in [0.15, 0.2) is 101 Å². The predicted molar refractivity (Wildman–Crippen MR) is 149 cm³/mol. The standard InChI is InChI=1S/C29H32N4O6S/c1-38-25-8-5-7-24(20-25)29(35)30-16-18-39-27-19-22(21-33-17-6-15-31-33)11-12-23(27)13-14-28(34)32-40(36,37)26-9-3-2-4-10-26/h2-11,15,17,19-20,23H,12-14,16,18,21H2,1H3,(H,30,35)(H,32,34). The third-order valence-electron chi connectivity index (χ3n) is 6.31. The Morgan fingerprint density at radius 3 is 2.67 bits per heavy atom. The molecule has 1 unspecified atom stereocenters. The SMILES string of the molecule is COc1cccc(C(=O)NCCOC2=CC(Cn3cccn3)=CCC2CCC(=O)NS(=O)(=O)c2ccccc2)c1. The number of ether oxygens (including phenoxy) is 2. The van der Waals surface area contributed by atoms with Crippen LogP contribution in [0.5, 0.6) is 5.75 Å². The van der Waals surface area contributed by atoms with E-state index in [1.54, 1.807) is 60.5 Å². The molecule has 2 N–H and O–H groups in total. The summed E-state index contributed by atoms with van der Waals surface area (Å²) < 4.78 is 40.2. The van der Waals surface area contributed by atoms with Crippen LogP contribution in [0.4, 0.5) is 0 Å². The van der Waals surface area contributed by atoms with Gasteiger partial charge in [-0.3, -0.25) is 14.3 Å². The monoisotopic (exact) mass is 564 g/mol. The highest BCUT2D eigenvalue weighted by atomic mass is 32.2. The van der Waals surface area contributed by atoms with Crippen LogP contribution in [0, 0.1) is 5.92 Å². The first-order valence-corrected chi connectivity index (χ1v) is 14.4. The molecule has 2 aromatic carbocycles. The highest BCUT2D eigenvalue weighted by molar-refractivity contribution is 7.90.